The number of aromatic amines is 1. The van der Waals surface area contributed by atoms with Crippen molar-refractivity contribution in [3.05, 3.63) is 47.0 Å². The summed E-state index contributed by atoms with van der Waals surface area (Å²) in [6, 6.07) is 6.15. The number of nitrogens with zero attached hydrogens (tertiary/aromatic N) is 2. The van der Waals surface area contributed by atoms with Gasteiger partial charge in [-0.3, -0.25) is 4.90 Å². The Morgan fingerprint density at radius 1 is 1.28 bits per heavy atom. The Hall–Kier alpha value is -2.06. The quantitative estimate of drug-likeness (QED) is 0.700. The first-order chi connectivity index (χ1) is 13.8. The number of hydrogen-bond acceptors (Lipinski definition) is 4. The number of nitrogens with one attached hydrogen (secondary N) is 2. The molecule has 2 aromatic rings. The van der Waals surface area contributed by atoms with E-state index in [-0.39, 0.29) is 5.75 Å². The van der Waals surface area contributed by atoms with Crippen LogP contribution in [0.2, 0.25) is 0 Å². The van der Waals surface area contributed by atoms with Gasteiger partial charge < -0.3 is 15.0 Å². The highest BCUT2D eigenvalue weighted by molar-refractivity contribution is 5.28. The smallest absolute Gasteiger partial charge is 0.406 e. The largest absolute Gasteiger partial charge is 0.573 e. The summed E-state index contributed by atoms with van der Waals surface area (Å²) in [6.07, 6.45) is -3.74. The van der Waals surface area contributed by atoms with Crippen LogP contribution in [-0.2, 0) is 19.5 Å². The average Bonchev–Trinajstić information content (AvgIpc) is 2.98. The van der Waals surface area contributed by atoms with E-state index in [1.54, 1.807) is 6.07 Å². The van der Waals surface area contributed by atoms with E-state index in [1.807, 2.05) is 6.07 Å². The minimum Gasteiger partial charge on any atom is -0.406 e. The van der Waals surface area contributed by atoms with E-state index in [1.165, 1.54) is 12.1 Å². The van der Waals surface area contributed by atoms with Crippen LogP contribution >= 0.6 is 0 Å². The molecule has 1 aromatic carbocycles. The standard InChI is InChI=1S/C21H27F3N4O/c1-3-20-26-13(2)19(27-20)12-28-10-17-16(18(17)11-28)9-25-8-14-5-4-6-15(7-14)29-21(22,23)24/h4-7,16-18,25H,3,8-12H2,1-2H3,(H,26,27). The molecule has 0 amide bonds. The summed E-state index contributed by atoms with van der Waals surface area (Å²) in [5.41, 5.74) is 3.11. The molecule has 5 nitrogen and oxygen atoms in total. The van der Waals surface area contributed by atoms with Gasteiger partial charge in [0.15, 0.2) is 0 Å². The summed E-state index contributed by atoms with van der Waals surface area (Å²) >= 11 is 0. The predicted molar refractivity (Wildman–Crippen MR) is 103 cm³/mol. The van der Waals surface area contributed by atoms with E-state index in [2.05, 4.69) is 38.8 Å². The maximum Gasteiger partial charge on any atom is 0.573 e. The van der Waals surface area contributed by atoms with Crippen molar-refractivity contribution in [1.82, 2.24) is 20.2 Å². The molecule has 2 unspecified atom stereocenters. The molecule has 2 aliphatic rings. The Morgan fingerprint density at radius 2 is 2.03 bits per heavy atom. The summed E-state index contributed by atoms with van der Waals surface area (Å²) in [5.74, 6) is 2.97. The van der Waals surface area contributed by atoms with Gasteiger partial charge in [0, 0.05) is 38.3 Å². The predicted octanol–water partition coefficient (Wildman–Crippen LogP) is 3.65. The summed E-state index contributed by atoms with van der Waals surface area (Å²) in [5, 5.41) is 3.39. The lowest BCUT2D eigenvalue weighted by Crippen LogP contribution is -2.27. The lowest BCUT2D eigenvalue weighted by atomic mass is 10.2. The number of halogens is 3. The van der Waals surface area contributed by atoms with Gasteiger partial charge in [-0.1, -0.05) is 19.1 Å². The van der Waals surface area contributed by atoms with Gasteiger partial charge in [-0.25, -0.2) is 4.98 Å². The maximum absolute atomic E-state index is 12.3. The lowest BCUT2D eigenvalue weighted by Gasteiger charge is -2.19. The number of alkyl halides is 3. The molecule has 1 aromatic heterocycles. The highest BCUT2D eigenvalue weighted by Gasteiger charge is 2.54. The van der Waals surface area contributed by atoms with E-state index in [9.17, 15) is 13.2 Å². The van der Waals surface area contributed by atoms with E-state index in [0.29, 0.717) is 24.3 Å². The van der Waals surface area contributed by atoms with Crippen molar-refractivity contribution < 1.29 is 17.9 Å². The van der Waals surface area contributed by atoms with Crippen LogP contribution in [0, 0.1) is 24.7 Å². The zero-order valence-corrected chi connectivity index (χ0v) is 16.7. The van der Waals surface area contributed by atoms with Crippen molar-refractivity contribution in [1.29, 1.82) is 0 Å². The molecule has 2 N–H and O–H groups in total. The van der Waals surface area contributed by atoms with Crippen molar-refractivity contribution in [2.45, 2.75) is 39.7 Å². The molecular formula is C21H27F3N4O. The number of rotatable bonds is 8. The number of piperidine rings is 1. The van der Waals surface area contributed by atoms with Crippen LogP contribution in [0.1, 0.15) is 29.7 Å². The second-order valence-electron chi connectivity index (χ2n) is 8.12. The molecule has 1 aliphatic heterocycles. The molecule has 4 rings (SSSR count). The first kappa shape index (κ1) is 20.2. The second-order valence-corrected chi connectivity index (χ2v) is 8.12. The third-order valence-electron chi connectivity index (χ3n) is 6.03. The highest BCUT2D eigenvalue weighted by Crippen LogP contribution is 2.51. The van der Waals surface area contributed by atoms with Crippen molar-refractivity contribution in [2.75, 3.05) is 19.6 Å². The minimum atomic E-state index is -4.66. The normalized spacial score (nSPS) is 24.0. The van der Waals surface area contributed by atoms with Gasteiger partial charge in [-0.2, -0.15) is 0 Å². The van der Waals surface area contributed by atoms with Crippen molar-refractivity contribution in [2.24, 2.45) is 17.8 Å². The molecule has 29 heavy (non-hydrogen) atoms. The maximum atomic E-state index is 12.3. The molecule has 2 fully saturated rings. The van der Waals surface area contributed by atoms with Crippen LogP contribution in [0.3, 0.4) is 0 Å². The summed E-state index contributed by atoms with van der Waals surface area (Å²) in [7, 11) is 0. The van der Waals surface area contributed by atoms with Crippen LogP contribution in [-0.4, -0.2) is 40.9 Å². The van der Waals surface area contributed by atoms with Crippen LogP contribution in [0.25, 0.3) is 0 Å². The van der Waals surface area contributed by atoms with Gasteiger partial charge >= 0.3 is 6.36 Å². The van der Waals surface area contributed by atoms with Crippen molar-refractivity contribution >= 4 is 0 Å². The topological polar surface area (TPSA) is 53.2 Å². The number of ether oxygens (including phenoxy) is 1. The molecule has 1 saturated heterocycles. The van der Waals surface area contributed by atoms with Crippen LogP contribution in [0.5, 0.6) is 5.75 Å². The van der Waals surface area contributed by atoms with Gasteiger partial charge in [0.25, 0.3) is 0 Å². The molecule has 2 heterocycles. The first-order valence-electron chi connectivity index (χ1n) is 10.1. The van der Waals surface area contributed by atoms with Crippen molar-refractivity contribution in [3.8, 4) is 5.75 Å². The van der Waals surface area contributed by atoms with E-state index in [4.69, 9.17) is 0 Å². The number of benzene rings is 1. The molecular weight excluding hydrogens is 381 g/mol. The second kappa shape index (κ2) is 7.99. The van der Waals surface area contributed by atoms with Crippen LogP contribution in [0.4, 0.5) is 13.2 Å². The Morgan fingerprint density at radius 3 is 2.69 bits per heavy atom. The lowest BCUT2D eigenvalue weighted by molar-refractivity contribution is -0.274. The van der Waals surface area contributed by atoms with Gasteiger partial charge in [0.1, 0.15) is 11.6 Å². The van der Waals surface area contributed by atoms with Crippen molar-refractivity contribution in [3.63, 3.8) is 0 Å². The molecule has 1 saturated carbocycles. The number of H-pyrrole nitrogens is 1. The van der Waals surface area contributed by atoms with Crippen LogP contribution in [0.15, 0.2) is 24.3 Å². The Labute approximate surface area is 168 Å². The number of likely N-dealkylation sites (tertiary alicyclic amines) is 1. The Balaban J connectivity index is 1.19. The molecule has 8 heteroatoms. The van der Waals surface area contributed by atoms with Gasteiger partial charge in [0.05, 0.1) is 5.69 Å². The molecule has 0 spiro atoms. The fourth-order valence-corrected chi connectivity index (χ4v) is 4.50. The fourth-order valence-electron chi connectivity index (χ4n) is 4.50. The van der Waals surface area contributed by atoms with Gasteiger partial charge in [-0.15, -0.1) is 13.2 Å². The molecule has 2 atom stereocenters. The molecule has 0 radical (unpaired) electrons. The fraction of sp³-hybridized carbons (Fsp3) is 0.571. The summed E-state index contributed by atoms with van der Waals surface area (Å²) in [4.78, 5) is 10.5. The van der Waals surface area contributed by atoms with E-state index in [0.717, 1.165) is 55.4 Å². The third kappa shape index (κ3) is 4.93. The highest BCUT2D eigenvalue weighted by atomic mass is 19.4. The number of aryl methyl sites for hydroxylation is 2. The zero-order valence-electron chi connectivity index (χ0n) is 16.7. The monoisotopic (exact) mass is 408 g/mol. The molecule has 1 aliphatic carbocycles. The van der Waals surface area contributed by atoms with Gasteiger partial charge in [0.2, 0.25) is 0 Å². The van der Waals surface area contributed by atoms with E-state index < -0.39 is 6.36 Å². The van der Waals surface area contributed by atoms with Crippen LogP contribution < -0.4 is 10.1 Å². The first-order valence-corrected chi connectivity index (χ1v) is 10.1. The SMILES string of the molecule is CCc1nc(CN2CC3C(CNCc4cccc(OC(F)(F)F)c4)C3C2)c(C)[nH]1. The summed E-state index contributed by atoms with van der Waals surface area (Å²) < 4.78 is 41.0. The molecule has 158 valence electrons. The van der Waals surface area contributed by atoms with E-state index >= 15 is 0 Å². The molecule has 0 bridgehead atoms. The minimum absolute atomic E-state index is 0.171. The third-order valence-corrected chi connectivity index (χ3v) is 6.03. The number of imidazole rings is 1. The Kier molecular flexibility index (Phi) is 5.57. The number of hydrogen-bond donors (Lipinski definition) is 2. The van der Waals surface area contributed by atoms with Gasteiger partial charge in [-0.05, 0) is 48.9 Å². The average molecular weight is 408 g/mol. The zero-order chi connectivity index (χ0) is 20.6. The number of fused-ring (bicyclic) bond motifs is 1. The Bertz CT molecular complexity index is 839. The summed E-state index contributed by atoms with van der Waals surface area (Å²) in [6.45, 7) is 8.72. The number of aromatic nitrogens is 2.